The van der Waals surface area contributed by atoms with E-state index in [-0.39, 0.29) is 64.5 Å². The summed E-state index contributed by atoms with van der Waals surface area (Å²) in [5, 5.41) is 9.57. The number of aromatic nitrogens is 3. The monoisotopic (exact) mass is 1290 g/mol. The largest absolute Gasteiger partial charge is 0.325 e. The molecule has 0 aromatic carbocycles. The summed E-state index contributed by atoms with van der Waals surface area (Å²) >= 11 is 0. The zero-order chi connectivity index (χ0) is 66.7. The van der Waals surface area contributed by atoms with E-state index in [0.717, 1.165) is 122 Å². The third kappa shape index (κ3) is 11.6. The van der Waals surface area contributed by atoms with Crippen LogP contribution in [0.1, 0.15) is 132 Å². The molecule has 94 heavy (non-hydrogen) atoms. The van der Waals surface area contributed by atoms with E-state index in [1.54, 1.807) is 12.1 Å². The number of rotatable bonds is 3. The van der Waals surface area contributed by atoms with Gasteiger partial charge in [0, 0.05) is 108 Å². The molecule has 15 heterocycles. The number of urea groups is 3. The Labute approximate surface area is 554 Å². The molecule has 0 radical (unpaired) electrons. The SMILES string of the molecule is Cc1ccc(F)c(NC2=NCC3=C2CN(C(=O)N2C[C@@H]4CCCN4C[C@@H]2C)C3(C)C)n1.Cc1ccc(F)c(NC2=NCC3=C2CN(C(=O)N2C[C@]4(C)CCCN4C[C@@H]2C)C3(C)C)n1.Cc1cccc(NC2=NCC3=C2CN(C(=O)N2C[C@]4(C)CCCN4C[C@@H]2C)C3(C)C)n1. The molecular weight excluding hydrogens is 1190 g/mol. The van der Waals surface area contributed by atoms with Crippen LogP contribution in [0, 0.1) is 32.4 Å². The highest BCUT2D eigenvalue weighted by Gasteiger charge is 2.54. The number of hydrogen-bond acceptors (Lipinski definition) is 15. The van der Waals surface area contributed by atoms with E-state index in [2.05, 4.69) is 151 Å². The van der Waals surface area contributed by atoms with E-state index in [0.29, 0.717) is 57.0 Å². The van der Waals surface area contributed by atoms with Crippen LogP contribution in [0.5, 0.6) is 0 Å². The molecule has 0 aliphatic carbocycles. The van der Waals surface area contributed by atoms with Gasteiger partial charge in [-0.3, -0.25) is 29.7 Å². The summed E-state index contributed by atoms with van der Waals surface area (Å²) in [5.74, 6) is 2.46. The van der Waals surface area contributed by atoms with E-state index in [4.69, 9.17) is 4.99 Å². The van der Waals surface area contributed by atoms with Crippen molar-refractivity contribution in [1.82, 2.24) is 59.1 Å². The molecule has 21 nitrogen and oxygen atoms in total. The number of nitrogens with one attached hydrogen (secondary N) is 3. The number of amidine groups is 3. The highest BCUT2D eigenvalue weighted by Crippen LogP contribution is 2.45. The van der Waals surface area contributed by atoms with Crippen LogP contribution in [-0.2, 0) is 0 Å². The Morgan fingerprint density at radius 3 is 1.35 bits per heavy atom. The van der Waals surface area contributed by atoms with Crippen LogP contribution < -0.4 is 16.0 Å². The lowest BCUT2D eigenvalue weighted by Gasteiger charge is -2.50. The molecule has 15 rings (SSSR count). The average Bonchev–Trinajstić information content (AvgIpc) is 1.59. The Kier molecular flexibility index (Phi) is 16.9. The lowest BCUT2D eigenvalue weighted by atomic mass is 9.93. The van der Waals surface area contributed by atoms with Crippen LogP contribution in [0.2, 0.25) is 0 Å². The van der Waals surface area contributed by atoms with Crippen molar-refractivity contribution in [2.24, 2.45) is 15.0 Å². The highest BCUT2D eigenvalue weighted by atomic mass is 19.1. The number of aryl methyl sites for hydroxylation is 3. The summed E-state index contributed by atoms with van der Waals surface area (Å²) in [6.07, 6.45) is 7.13. The van der Waals surface area contributed by atoms with Gasteiger partial charge in [0.25, 0.3) is 0 Å². The second-order valence-corrected chi connectivity index (χ2v) is 30.6. The minimum Gasteiger partial charge on any atom is -0.325 e. The molecule has 3 aromatic rings. The molecule has 504 valence electrons. The number of piperazine rings is 3. The topological polar surface area (TPSA) is 192 Å². The molecule has 6 saturated heterocycles. The summed E-state index contributed by atoms with van der Waals surface area (Å²) in [6, 6.07) is 13.5. The number of carbonyl (C=O) groups is 3. The number of nitrogens with zero attached hydrogens (tertiary/aromatic N) is 15. The van der Waals surface area contributed by atoms with E-state index in [1.165, 1.54) is 49.8 Å². The number of halogens is 2. The summed E-state index contributed by atoms with van der Waals surface area (Å²) in [4.78, 5) is 88.3. The van der Waals surface area contributed by atoms with Gasteiger partial charge in [-0.15, -0.1) is 0 Å². The first-order valence-electron chi connectivity index (χ1n) is 34.4. The van der Waals surface area contributed by atoms with Gasteiger partial charge in [0.2, 0.25) is 0 Å². The van der Waals surface area contributed by atoms with E-state index in [9.17, 15) is 23.2 Å². The lowest BCUT2D eigenvalue weighted by molar-refractivity contribution is 0.0118. The van der Waals surface area contributed by atoms with Crippen LogP contribution in [0.4, 0.5) is 40.6 Å². The minimum absolute atomic E-state index is 0.0741. The third-order valence-corrected chi connectivity index (χ3v) is 23.1. The maximum Gasteiger partial charge on any atom is 0.321 e. The smallest absolute Gasteiger partial charge is 0.321 e. The van der Waals surface area contributed by atoms with Crippen molar-refractivity contribution in [2.75, 3.05) is 114 Å². The first-order chi connectivity index (χ1) is 44.5. The molecular formula is C71H98F2N18O3. The number of hydrogen-bond donors (Lipinski definition) is 3. The molecule has 0 unspecified atom stereocenters. The number of amides is 6. The van der Waals surface area contributed by atoms with E-state index < -0.39 is 22.7 Å². The molecule has 6 amide bonds. The summed E-state index contributed by atoms with van der Waals surface area (Å²) < 4.78 is 28.5. The molecule has 6 atom stereocenters. The Balaban J connectivity index is 0.000000128. The number of carbonyl (C=O) groups excluding carboxylic acids is 3. The van der Waals surface area contributed by atoms with Crippen LogP contribution in [0.15, 0.2) is 90.9 Å². The maximum atomic E-state index is 14.3. The fourth-order valence-corrected chi connectivity index (χ4v) is 17.2. The predicted molar refractivity (Wildman–Crippen MR) is 366 cm³/mol. The molecule has 12 aliphatic rings. The second kappa shape index (κ2) is 24.4. The number of aliphatic imine (C=N–C) groups is 3. The highest BCUT2D eigenvalue weighted by molar-refractivity contribution is 6.13. The first kappa shape index (κ1) is 65.3. The number of pyridine rings is 3. The zero-order valence-electron chi connectivity index (χ0n) is 57.9. The van der Waals surface area contributed by atoms with Crippen molar-refractivity contribution < 1.29 is 23.2 Å². The van der Waals surface area contributed by atoms with Crippen LogP contribution in [0.3, 0.4) is 0 Å². The van der Waals surface area contributed by atoms with E-state index in [1.807, 2.05) is 48.8 Å². The van der Waals surface area contributed by atoms with Gasteiger partial charge in [0.05, 0.1) is 55.9 Å². The van der Waals surface area contributed by atoms with Gasteiger partial charge >= 0.3 is 18.1 Å². The average molecular weight is 1290 g/mol. The van der Waals surface area contributed by atoms with Crippen molar-refractivity contribution in [1.29, 1.82) is 0 Å². The quantitative estimate of drug-likeness (QED) is 0.225. The Morgan fingerprint density at radius 1 is 0.489 bits per heavy atom. The van der Waals surface area contributed by atoms with Crippen molar-refractivity contribution in [3.8, 4) is 0 Å². The third-order valence-electron chi connectivity index (χ3n) is 23.1. The molecule has 3 aromatic heterocycles. The molecule has 6 fully saturated rings. The van der Waals surface area contributed by atoms with Crippen molar-refractivity contribution in [3.63, 3.8) is 0 Å². The predicted octanol–water partition coefficient (Wildman–Crippen LogP) is 9.74. The molecule has 12 aliphatic heterocycles. The normalized spacial score (nSPS) is 28.9. The number of anilines is 3. The zero-order valence-corrected chi connectivity index (χ0v) is 57.9. The molecule has 23 heteroatoms. The summed E-state index contributed by atoms with van der Waals surface area (Å²) in [6.45, 7) is 41.3. The Bertz CT molecular complexity index is 3760. The molecule has 0 saturated carbocycles. The van der Waals surface area contributed by atoms with Gasteiger partial charge in [0.1, 0.15) is 23.3 Å². The fourth-order valence-electron chi connectivity index (χ4n) is 17.2. The van der Waals surface area contributed by atoms with Crippen LogP contribution in [-0.4, -0.2) is 245 Å². The maximum absolute atomic E-state index is 14.3. The fraction of sp³-hybridized carbons (Fsp3) is 0.620. The van der Waals surface area contributed by atoms with Gasteiger partial charge < -0.3 is 45.3 Å². The second-order valence-electron chi connectivity index (χ2n) is 30.6. The van der Waals surface area contributed by atoms with Gasteiger partial charge in [-0.1, -0.05) is 6.07 Å². The van der Waals surface area contributed by atoms with Gasteiger partial charge in [-0.25, -0.2) is 38.1 Å². The van der Waals surface area contributed by atoms with Crippen LogP contribution in [0.25, 0.3) is 0 Å². The van der Waals surface area contributed by atoms with E-state index >= 15 is 0 Å². The first-order valence-corrected chi connectivity index (χ1v) is 34.4. The minimum atomic E-state index is -0.439. The summed E-state index contributed by atoms with van der Waals surface area (Å²) in [7, 11) is 0. The Hall–Kier alpha value is -7.37. The molecule has 0 spiro atoms. The number of fused-ring (bicyclic) bond motifs is 3. The van der Waals surface area contributed by atoms with Gasteiger partial charge in [-0.05, 0) is 208 Å². The van der Waals surface area contributed by atoms with Crippen LogP contribution >= 0.6 is 0 Å². The molecule has 3 N–H and O–H groups in total. The van der Waals surface area contributed by atoms with Gasteiger partial charge in [-0.2, -0.15) is 0 Å². The van der Waals surface area contributed by atoms with Crippen molar-refractivity contribution in [3.05, 3.63) is 105 Å². The van der Waals surface area contributed by atoms with Gasteiger partial charge in [0.15, 0.2) is 23.3 Å². The lowest BCUT2D eigenvalue weighted by Crippen LogP contribution is -2.65. The summed E-state index contributed by atoms with van der Waals surface area (Å²) in [5.41, 5.74) is 8.06. The van der Waals surface area contributed by atoms with Crippen molar-refractivity contribution >= 4 is 53.1 Å². The Morgan fingerprint density at radius 2 is 0.904 bits per heavy atom. The standard InChI is InChI=1S/C24H33FN6O.C24H34N6O.C23H31FN6O/c1-15-7-8-19(25)21(27-15)28-20-17-13-31(23(3,4)18(17)11-26-20)22(32)30-14-24(5)9-6-10-29(24)12-16(30)2;1-16-8-6-9-20(26-16)27-21-18-14-30(23(3,4)19(18)12-25-21)22(31)29-15-24(5)10-7-11-28(24)13-17(29)2;1-14-7-8-19(24)21(26-14)27-20-17-13-30(23(3,4)18(17)10-25-20)22(31)29-12-16-6-5-9-28(16)11-15(29)2/h7-8,16H,6,9-14H2,1-5H3,(H,26,27,28);6,8-9,17H,7,10-15H2,1-5H3,(H,25,26,27);7-8,15-16H,5-6,9-13H2,1-4H3,(H,25,26,27)/t16-,24-;17-,24-;15-,16-/m000/s1. The van der Waals surface area contributed by atoms with Crippen molar-refractivity contribution in [2.45, 2.75) is 187 Å². The molecule has 0 bridgehead atoms.